The third kappa shape index (κ3) is 4.08. The Bertz CT molecular complexity index is 1120. The molecule has 3 heterocycles. The lowest BCUT2D eigenvalue weighted by Gasteiger charge is -2.37. The van der Waals surface area contributed by atoms with E-state index in [1.54, 1.807) is 0 Å². The number of amides is 2. The molecule has 2 aromatic rings. The number of nitriles is 1. The minimum absolute atomic E-state index is 0.102. The number of halogens is 1. The van der Waals surface area contributed by atoms with Crippen LogP contribution in [0.5, 0.6) is 0 Å². The highest BCUT2D eigenvalue weighted by Gasteiger charge is 2.51. The molecule has 2 amide bonds. The molecule has 31 heavy (non-hydrogen) atoms. The first-order valence-electron chi connectivity index (χ1n) is 9.26. The number of hydrogen-bond acceptors (Lipinski definition) is 7. The lowest BCUT2D eigenvalue weighted by atomic mass is 9.93. The average molecular weight is 441 g/mol. The van der Waals surface area contributed by atoms with Crippen LogP contribution in [0.3, 0.4) is 0 Å². The minimum Gasteiger partial charge on any atom is -0.465 e. The van der Waals surface area contributed by atoms with Gasteiger partial charge in [-0.1, -0.05) is 0 Å². The number of pyridine rings is 1. The van der Waals surface area contributed by atoms with Gasteiger partial charge in [0.25, 0.3) is 5.91 Å². The van der Waals surface area contributed by atoms with Crippen molar-refractivity contribution in [3.8, 4) is 6.07 Å². The number of carboxylic acid groups (broad SMARTS) is 1. The molecule has 11 heteroatoms. The van der Waals surface area contributed by atoms with Gasteiger partial charge in [-0.25, -0.2) is 14.2 Å². The van der Waals surface area contributed by atoms with E-state index in [4.69, 9.17) is 15.1 Å². The number of hydrogen-bond donors (Lipinski definition) is 3. The van der Waals surface area contributed by atoms with Crippen molar-refractivity contribution in [1.29, 1.82) is 5.26 Å². The van der Waals surface area contributed by atoms with Gasteiger partial charge in [-0.3, -0.25) is 15.1 Å². The maximum atomic E-state index is 14.9. The highest BCUT2D eigenvalue weighted by molar-refractivity contribution is 8.14. The fourth-order valence-electron chi connectivity index (χ4n) is 3.52. The zero-order chi connectivity index (χ0) is 22.0. The summed E-state index contributed by atoms with van der Waals surface area (Å²) in [6.45, 7) is 0.659. The zero-order valence-electron chi connectivity index (χ0n) is 16.0. The fraction of sp³-hybridized carbons (Fsp3) is 0.250. The molecule has 1 saturated heterocycles. The van der Waals surface area contributed by atoms with E-state index in [1.165, 1.54) is 36.5 Å². The predicted molar refractivity (Wildman–Crippen MR) is 110 cm³/mol. The van der Waals surface area contributed by atoms with Crippen molar-refractivity contribution in [3.63, 3.8) is 0 Å². The first kappa shape index (κ1) is 20.8. The molecule has 0 unspecified atom stereocenters. The van der Waals surface area contributed by atoms with Gasteiger partial charge in [0.15, 0.2) is 10.1 Å². The summed E-state index contributed by atoms with van der Waals surface area (Å²) in [7, 11) is 0. The number of fused-ring (bicyclic) bond motifs is 1. The quantitative estimate of drug-likeness (QED) is 0.666. The first-order valence-corrected chi connectivity index (χ1v) is 10.1. The second-order valence-electron chi connectivity index (χ2n) is 6.87. The second kappa shape index (κ2) is 8.33. The van der Waals surface area contributed by atoms with Crippen LogP contribution in [0.15, 0.2) is 41.5 Å². The summed E-state index contributed by atoms with van der Waals surface area (Å²) in [5.41, 5.74) is 0.952. The number of ether oxygens (including phenoxy) is 1. The number of thioether (sulfide) groups is 1. The molecule has 2 aliphatic rings. The third-order valence-corrected chi connectivity index (χ3v) is 6.36. The molecule has 1 fully saturated rings. The van der Waals surface area contributed by atoms with Gasteiger partial charge in [-0.15, -0.1) is 0 Å². The van der Waals surface area contributed by atoms with Crippen LogP contribution >= 0.6 is 11.8 Å². The van der Waals surface area contributed by atoms with Crippen molar-refractivity contribution in [2.24, 2.45) is 10.9 Å². The molecule has 1 aromatic heterocycles. The summed E-state index contributed by atoms with van der Waals surface area (Å²) < 4.78 is 20.8. The predicted octanol–water partition coefficient (Wildman–Crippen LogP) is 2.90. The molecule has 2 atom stereocenters. The van der Waals surface area contributed by atoms with Crippen LogP contribution in [0.25, 0.3) is 0 Å². The number of rotatable bonds is 3. The summed E-state index contributed by atoms with van der Waals surface area (Å²) in [5, 5.41) is 22.9. The number of aromatic nitrogens is 1. The van der Waals surface area contributed by atoms with Gasteiger partial charge in [0.1, 0.15) is 17.6 Å². The molecule has 3 N–H and O–H groups in total. The standard InChI is InChI=1S/C20H16FN5O4S/c21-15-3-2-13(25-17(27)16-4-1-11(8-22)9-23-16)7-14(15)20-12(5-6-30-20)10-24-18(31-20)26-19(28)29/h1-4,7,9,12H,5-6,10H2,(H,24,26)(H,25,27)(H,28,29)/t12-,20-/m1/s1. The maximum Gasteiger partial charge on any atom is 0.410 e. The molecule has 0 radical (unpaired) electrons. The molecule has 0 bridgehead atoms. The summed E-state index contributed by atoms with van der Waals surface area (Å²) in [6.07, 6.45) is 0.659. The van der Waals surface area contributed by atoms with Crippen LogP contribution in [0.4, 0.5) is 14.9 Å². The van der Waals surface area contributed by atoms with E-state index >= 15 is 0 Å². The zero-order valence-corrected chi connectivity index (χ0v) is 16.8. The Morgan fingerprint density at radius 3 is 2.87 bits per heavy atom. The van der Waals surface area contributed by atoms with Crippen LogP contribution in [-0.4, -0.2) is 40.4 Å². The third-order valence-electron chi connectivity index (χ3n) is 4.96. The summed E-state index contributed by atoms with van der Waals surface area (Å²) >= 11 is 1.01. The lowest BCUT2D eigenvalue weighted by Crippen LogP contribution is -2.41. The normalized spacial score (nSPS) is 22.1. The molecule has 158 valence electrons. The number of amidine groups is 1. The number of benzene rings is 1. The number of nitrogens with one attached hydrogen (secondary N) is 2. The molecule has 0 spiro atoms. The highest BCUT2D eigenvalue weighted by Crippen LogP contribution is 2.53. The van der Waals surface area contributed by atoms with Gasteiger partial charge >= 0.3 is 6.09 Å². The van der Waals surface area contributed by atoms with E-state index in [-0.39, 0.29) is 28.9 Å². The van der Waals surface area contributed by atoms with Crippen LogP contribution in [0.2, 0.25) is 0 Å². The topological polar surface area (TPSA) is 137 Å². The Hall–Kier alpha value is -3.49. The molecular weight excluding hydrogens is 425 g/mol. The molecule has 0 saturated carbocycles. The van der Waals surface area contributed by atoms with E-state index in [0.29, 0.717) is 24.3 Å². The highest BCUT2D eigenvalue weighted by atomic mass is 32.2. The Balaban J connectivity index is 1.62. The molecular formula is C20H16FN5O4S. The van der Waals surface area contributed by atoms with E-state index in [2.05, 4.69) is 20.6 Å². The smallest absolute Gasteiger partial charge is 0.410 e. The monoisotopic (exact) mass is 441 g/mol. The summed E-state index contributed by atoms with van der Waals surface area (Å²) in [4.78, 5) is 30.5. The van der Waals surface area contributed by atoms with E-state index in [1.807, 2.05) is 6.07 Å². The number of anilines is 1. The first-order chi connectivity index (χ1) is 14.9. The summed E-state index contributed by atoms with van der Waals surface area (Å²) in [6, 6.07) is 8.94. The van der Waals surface area contributed by atoms with Crippen molar-refractivity contribution in [2.75, 3.05) is 18.5 Å². The van der Waals surface area contributed by atoms with Crippen LogP contribution in [0.1, 0.15) is 28.0 Å². The fourth-order valence-corrected chi connectivity index (χ4v) is 4.85. The van der Waals surface area contributed by atoms with Crippen molar-refractivity contribution in [1.82, 2.24) is 10.3 Å². The average Bonchev–Trinajstić information content (AvgIpc) is 3.18. The number of carbonyl (C=O) groups excluding carboxylic acids is 1. The molecule has 1 aromatic carbocycles. The van der Waals surface area contributed by atoms with Gasteiger partial charge in [0, 0.05) is 36.5 Å². The molecule has 2 aliphatic heterocycles. The minimum atomic E-state index is -1.27. The summed E-state index contributed by atoms with van der Waals surface area (Å²) in [5.74, 6) is -1.21. The van der Waals surface area contributed by atoms with E-state index in [9.17, 15) is 14.0 Å². The van der Waals surface area contributed by atoms with E-state index in [0.717, 1.165) is 11.8 Å². The van der Waals surface area contributed by atoms with Gasteiger partial charge in [-0.05, 0) is 48.5 Å². The van der Waals surface area contributed by atoms with Gasteiger partial charge in [0.05, 0.1) is 5.56 Å². The van der Waals surface area contributed by atoms with Crippen LogP contribution in [0, 0.1) is 23.1 Å². The SMILES string of the molecule is N#Cc1ccc(C(=O)Nc2ccc(F)c([C@@]34OCC[C@@H]3CN=C(NC(=O)O)S4)c2)nc1. The van der Waals surface area contributed by atoms with Gasteiger partial charge < -0.3 is 15.2 Å². The van der Waals surface area contributed by atoms with Crippen LogP contribution < -0.4 is 10.6 Å². The van der Waals surface area contributed by atoms with Crippen molar-refractivity contribution < 1.29 is 23.8 Å². The number of carbonyl (C=O) groups is 2. The van der Waals surface area contributed by atoms with Crippen molar-refractivity contribution in [2.45, 2.75) is 11.4 Å². The van der Waals surface area contributed by atoms with E-state index < -0.39 is 22.8 Å². The van der Waals surface area contributed by atoms with Crippen molar-refractivity contribution >= 4 is 34.6 Å². The maximum absolute atomic E-state index is 14.9. The van der Waals surface area contributed by atoms with Crippen molar-refractivity contribution in [3.05, 3.63) is 59.2 Å². The van der Waals surface area contributed by atoms with Gasteiger partial charge in [-0.2, -0.15) is 5.26 Å². The number of nitrogens with zero attached hydrogens (tertiary/aromatic N) is 3. The Labute approximate surface area is 180 Å². The Morgan fingerprint density at radius 1 is 1.32 bits per heavy atom. The molecule has 4 rings (SSSR count). The number of aliphatic imine (C=N–C) groups is 1. The molecule has 9 nitrogen and oxygen atoms in total. The van der Waals surface area contributed by atoms with Gasteiger partial charge in [0.2, 0.25) is 0 Å². The second-order valence-corrected chi connectivity index (χ2v) is 8.07. The lowest BCUT2D eigenvalue weighted by molar-refractivity contribution is 0.0560. The van der Waals surface area contributed by atoms with Crippen LogP contribution in [-0.2, 0) is 9.67 Å². The molecule has 0 aliphatic carbocycles. The Morgan fingerprint density at radius 2 is 2.16 bits per heavy atom. The largest absolute Gasteiger partial charge is 0.465 e. The Kier molecular flexibility index (Phi) is 5.58.